The van der Waals surface area contributed by atoms with Crippen molar-refractivity contribution in [2.24, 2.45) is 5.92 Å². The van der Waals surface area contributed by atoms with Crippen LogP contribution in [0.3, 0.4) is 0 Å². The lowest BCUT2D eigenvalue weighted by molar-refractivity contribution is -0.133. The van der Waals surface area contributed by atoms with E-state index in [4.69, 9.17) is 0 Å². The second kappa shape index (κ2) is 13.3. The smallest absolute Gasteiger partial charge is 0.236 e. The number of fused-ring (bicyclic) bond motifs is 1. The minimum atomic E-state index is -0.207. The summed E-state index contributed by atoms with van der Waals surface area (Å²) < 4.78 is 13.3. The maximum atomic E-state index is 13.3. The number of ketones is 1. The largest absolute Gasteiger partial charge is 0.342 e. The van der Waals surface area contributed by atoms with Crippen molar-refractivity contribution in [3.05, 3.63) is 70.5 Å². The lowest BCUT2D eigenvalue weighted by atomic mass is 9.89. The molecule has 0 atom stereocenters. The summed E-state index contributed by atoms with van der Waals surface area (Å²) in [5.41, 5.74) is 4.49. The highest BCUT2D eigenvalue weighted by Crippen LogP contribution is 2.25. The zero-order chi connectivity index (χ0) is 24.8. The number of Topliss-reactive ketones (excluding diaryl/α,β-unsaturated/α-hetero) is 1. The summed E-state index contributed by atoms with van der Waals surface area (Å²) in [6.07, 6.45) is 5.52. The molecule has 2 aliphatic rings. The first-order valence-electron chi connectivity index (χ1n) is 12.9. The molecule has 0 bridgehead atoms. The van der Waals surface area contributed by atoms with Crippen LogP contribution in [0.1, 0.15) is 59.2 Å². The fraction of sp³-hybridized carbons (Fsp3) is 0.517. The average molecular weight is 516 g/mol. The van der Waals surface area contributed by atoms with Gasteiger partial charge in [-0.25, -0.2) is 4.39 Å². The number of carbonyl (C=O) groups is 2. The van der Waals surface area contributed by atoms with Crippen molar-refractivity contribution in [3.8, 4) is 0 Å². The standard InChI is InChI=1S/C29H38FN3O2.ClH/c1-31(2)21-29(35)33-16-13-22(14-17-33)7-12-28(34)25-9-8-24-4-3-15-32(20-26(24)18-25)19-23-5-10-27(30)11-6-23;/h5-6,8-11,18,22H,3-4,7,12-17,19-21H2,1-2H3;1H. The van der Waals surface area contributed by atoms with Crippen LogP contribution < -0.4 is 0 Å². The van der Waals surface area contributed by atoms with E-state index in [1.54, 1.807) is 0 Å². The van der Waals surface area contributed by atoms with Crippen molar-refractivity contribution >= 4 is 24.1 Å². The number of hydrogen-bond donors (Lipinski definition) is 0. The van der Waals surface area contributed by atoms with Gasteiger partial charge in [-0.05, 0) is 93.6 Å². The summed E-state index contributed by atoms with van der Waals surface area (Å²) in [4.78, 5) is 31.6. The highest BCUT2D eigenvalue weighted by atomic mass is 35.5. The summed E-state index contributed by atoms with van der Waals surface area (Å²) in [6.45, 7) is 4.65. The number of hydrogen-bond acceptors (Lipinski definition) is 4. The number of rotatable bonds is 8. The third kappa shape index (κ3) is 7.86. The Hall–Kier alpha value is -2.28. The normalized spacial score (nSPS) is 16.8. The van der Waals surface area contributed by atoms with Crippen molar-refractivity contribution in [2.75, 3.05) is 40.3 Å². The Labute approximate surface area is 221 Å². The molecule has 7 heteroatoms. The SMILES string of the molecule is CN(C)CC(=O)N1CCC(CCC(=O)c2ccc3c(c2)CN(Cc2ccc(F)cc2)CCC3)CC1.Cl. The molecule has 0 unspecified atom stereocenters. The van der Waals surface area contributed by atoms with E-state index >= 15 is 0 Å². The quantitative estimate of drug-likeness (QED) is 0.466. The molecule has 2 heterocycles. The van der Waals surface area contributed by atoms with Gasteiger partial charge in [0.15, 0.2) is 5.78 Å². The number of carbonyl (C=O) groups excluding carboxylic acids is 2. The molecule has 0 aromatic heterocycles. The third-order valence-corrected chi connectivity index (χ3v) is 7.36. The molecule has 2 aliphatic heterocycles. The first-order chi connectivity index (χ1) is 16.9. The molecule has 1 amide bonds. The summed E-state index contributed by atoms with van der Waals surface area (Å²) in [5, 5.41) is 0. The number of benzene rings is 2. The van der Waals surface area contributed by atoms with E-state index in [9.17, 15) is 14.0 Å². The lowest BCUT2D eigenvalue weighted by Crippen LogP contribution is -2.42. The minimum absolute atomic E-state index is 0. The first-order valence-corrected chi connectivity index (χ1v) is 12.9. The second-order valence-electron chi connectivity index (χ2n) is 10.4. The van der Waals surface area contributed by atoms with Crippen molar-refractivity contribution in [1.82, 2.24) is 14.7 Å². The van der Waals surface area contributed by atoms with Crippen LogP contribution in [0.5, 0.6) is 0 Å². The van der Waals surface area contributed by atoms with E-state index in [-0.39, 0.29) is 29.9 Å². The molecule has 0 saturated carbocycles. The molecule has 196 valence electrons. The van der Waals surface area contributed by atoms with Crippen molar-refractivity contribution < 1.29 is 14.0 Å². The molecule has 4 rings (SSSR count). The van der Waals surface area contributed by atoms with Gasteiger partial charge in [0.25, 0.3) is 0 Å². The van der Waals surface area contributed by atoms with Gasteiger partial charge in [-0.1, -0.05) is 24.3 Å². The fourth-order valence-corrected chi connectivity index (χ4v) is 5.31. The van der Waals surface area contributed by atoms with E-state index in [1.807, 2.05) is 42.1 Å². The number of nitrogens with zero attached hydrogens (tertiary/aromatic N) is 3. The van der Waals surface area contributed by atoms with Gasteiger partial charge in [-0.2, -0.15) is 0 Å². The molecular weight excluding hydrogens is 477 g/mol. The molecule has 2 aromatic carbocycles. The Balaban J connectivity index is 0.00000361. The summed E-state index contributed by atoms with van der Waals surface area (Å²) in [5.74, 6) is 0.715. The van der Waals surface area contributed by atoms with Gasteiger partial charge in [-0.3, -0.25) is 14.5 Å². The maximum Gasteiger partial charge on any atom is 0.236 e. The first kappa shape index (κ1) is 28.3. The van der Waals surface area contributed by atoms with Gasteiger partial charge >= 0.3 is 0 Å². The number of aryl methyl sites for hydroxylation is 1. The Morgan fingerprint density at radius 2 is 1.72 bits per heavy atom. The van der Waals surface area contributed by atoms with Crippen LogP contribution in [-0.4, -0.2) is 66.7 Å². The molecule has 5 nitrogen and oxygen atoms in total. The molecule has 36 heavy (non-hydrogen) atoms. The van der Waals surface area contributed by atoms with Crippen LogP contribution in [0.15, 0.2) is 42.5 Å². The maximum absolute atomic E-state index is 13.3. The summed E-state index contributed by atoms with van der Waals surface area (Å²) >= 11 is 0. The van der Waals surface area contributed by atoms with Gasteiger partial charge in [0, 0.05) is 38.2 Å². The third-order valence-electron chi connectivity index (χ3n) is 7.36. The van der Waals surface area contributed by atoms with E-state index in [2.05, 4.69) is 17.0 Å². The predicted octanol–water partition coefficient (Wildman–Crippen LogP) is 4.96. The molecule has 0 spiro atoms. The Kier molecular flexibility index (Phi) is 10.5. The predicted molar refractivity (Wildman–Crippen MR) is 144 cm³/mol. The Morgan fingerprint density at radius 3 is 2.42 bits per heavy atom. The summed E-state index contributed by atoms with van der Waals surface area (Å²) in [7, 11) is 3.84. The van der Waals surface area contributed by atoms with Crippen molar-refractivity contribution in [1.29, 1.82) is 0 Å². The molecule has 2 aromatic rings. The van der Waals surface area contributed by atoms with Crippen LogP contribution >= 0.6 is 12.4 Å². The number of halogens is 2. The van der Waals surface area contributed by atoms with Gasteiger partial charge in [0.2, 0.25) is 5.91 Å². The van der Waals surface area contributed by atoms with E-state index in [1.165, 1.54) is 23.3 Å². The van der Waals surface area contributed by atoms with Crippen LogP contribution in [0.25, 0.3) is 0 Å². The minimum Gasteiger partial charge on any atom is -0.342 e. The van der Waals surface area contributed by atoms with E-state index in [0.29, 0.717) is 18.9 Å². The molecule has 1 saturated heterocycles. The topological polar surface area (TPSA) is 43.9 Å². The molecule has 0 N–H and O–H groups in total. The number of likely N-dealkylation sites (tertiary alicyclic amines) is 1. The van der Waals surface area contributed by atoms with E-state index < -0.39 is 0 Å². The zero-order valence-corrected chi connectivity index (χ0v) is 22.4. The summed E-state index contributed by atoms with van der Waals surface area (Å²) in [6, 6.07) is 13.0. The lowest BCUT2D eigenvalue weighted by Gasteiger charge is -2.32. The molecule has 0 aliphatic carbocycles. The number of amides is 1. The van der Waals surface area contributed by atoms with Gasteiger partial charge in [0.1, 0.15) is 5.82 Å². The van der Waals surface area contributed by atoms with Gasteiger partial charge in [0.05, 0.1) is 6.54 Å². The van der Waals surface area contributed by atoms with E-state index in [0.717, 1.165) is 76.0 Å². The van der Waals surface area contributed by atoms with Crippen LogP contribution in [0, 0.1) is 11.7 Å². The average Bonchev–Trinajstić information content (AvgIpc) is 3.05. The monoisotopic (exact) mass is 515 g/mol. The molecule has 0 radical (unpaired) electrons. The van der Waals surface area contributed by atoms with Crippen molar-refractivity contribution in [3.63, 3.8) is 0 Å². The van der Waals surface area contributed by atoms with Crippen LogP contribution in [-0.2, 0) is 24.3 Å². The number of piperidine rings is 1. The Bertz CT molecular complexity index is 1020. The highest BCUT2D eigenvalue weighted by Gasteiger charge is 2.24. The highest BCUT2D eigenvalue weighted by molar-refractivity contribution is 5.96. The second-order valence-corrected chi connectivity index (χ2v) is 10.4. The molecular formula is C29H39ClFN3O2. The zero-order valence-electron chi connectivity index (χ0n) is 21.5. The Morgan fingerprint density at radius 1 is 1.00 bits per heavy atom. The molecule has 1 fully saturated rings. The van der Waals surface area contributed by atoms with Crippen LogP contribution in [0.2, 0.25) is 0 Å². The fourth-order valence-electron chi connectivity index (χ4n) is 5.31. The van der Waals surface area contributed by atoms with Gasteiger partial charge < -0.3 is 9.80 Å². The van der Waals surface area contributed by atoms with Gasteiger partial charge in [-0.15, -0.1) is 12.4 Å². The van der Waals surface area contributed by atoms with Crippen molar-refractivity contribution in [2.45, 2.75) is 51.6 Å². The van der Waals surface area contributed by atoms with Crippen LogP contribution in [0.4, 0.5) is 4.39 Å². The number of likely N-dealkylation sites (N-methyl/N-ethyl adjacent to an activating group) is 1.